The molecule has 1 N–H and O–H groups in total. The molecular weight excluding hydrogens is 508 g/mol. The number of phenols is 1. The third-order valence-corrected chi connectivity index (χ3v) is 8.72. The molecule has 7 nitrogen and oxygen atoms in total. The van der Waals surface area contributed by atoms with Crippen LogP contribution in [-0.4, -0.2) is 46.6 Å². The summed E-state index contributed by atoms with van der Waals surface area (Å²) < 4.78 is 12.7. The molecule has 1 fully saturated rings. The molecule has 37 heavy (non-hydrogen) atoms. The molecule has 1 saturated heterocycles. The first kappa shape index (κ1) is 27.3. The Morgan fingerprint density at radius 2 is 1.41 bits per heavy atom. The SMILES string of the molecule is CCCCOc1cc(Oc2ccccc2)c(O)c2c1SC(=C1C(=O)N(CCCC)N(CCCC)C1=O)S2. The standard InChI is InChI=1S/C28H34N2O5S2/c1-4-7-15-29-26(32)22(27(33)30(29)16-8-5-2)28-36-24-21(34-17-9-6-3)18-20(23(31)25(24)37-28)35-19-13-11-10-12-14-19/h10-14,18,31H,4-9,15-17H2,1-3H3. The van der Waals surface area contributed by atoms with Crippen molar-refractivity contribution in [1.29, 1.82) is 0 Å². The van der Waals surface area contributed by atoms with Crippen molar-refractivity contribution >= 4 is 35.3 Å². The van der Waals surface area contributed by atoms with Gasteiger partial charge in [0.25, 0.3) is 11.8 Å². The van der Waals surface area contributed by atoms with Crippen molar-refractivity contribution in [1.82, 2.24) is 10.0 Å². The van der Waals surface area contributed by atoms with Crippen LogP contribution in [0.15, 0.2) is 56.0 Å². The number of aromatic hydroxyl groups is 1. The topological polar surface area (TPSA) is 79.3 Å². The van der Waals surface area contributed by atoms with E-state index in [-0.39, 0.29) is 28.9 Å². The first-order valence-corrected chi connectivity index (χ1v) is 14.6. The summed E-state index contributed by atoms with van der Waals surface area (Å²) in [6, 6.07) is 10.9. The summed E-state index contributed by atoms with van der Waals surface area (Å²) >= 11 is 2.55. The van der Waals surface area contributed by atoms with Crippen LogP contribution in [0.5, 0.6) is 23.0 Å². The Morgan fingerprint density at radius 1 is 0.811 bits per heavy atom. The van der Waals surface area contributed by atoms with Gasteiger partial charge >= 0.3 is 0 Å². The number of carbonyl (C=O) groups excluding carboxylic acids is 2. The van der Waals surface area contributed by atoms with E-state index in [2.05, 4.69) is 20.8 Å². The number of fused-ring (bicyclic) bond motifs is 1. The summed E-state index contributed by atoms with van der Waals surface area (Å²) in [5, 5.41) is 14.4. The predicted octanol–water partition coefficient (Wildman–Crippen LogP) is 6.96. The Morgan fingerprint density at radius 3 is 2.00 bits per heavy atom. The van der Waals surface area contributed by atoms with Gasteiger partial charge in [-0.05, 0) is 31.4 Å². The van der Waals surface area contributed by atoms with E-state index in [0.29, 0.717) is 45.2 Å². The van der Waals surface area contributed by atoms with Gasteiger partial charge in [0.2, 0.25) is 0 Å². The largest absolute Gasteiger partial charge is 0.503 e. The quantitative estimate of drug-likeness (QED) is 0.176. The minimum Gasteiger partial charge on any atom is -0.503 e. The molecule has 2 aromatic carbocycles. The maximum absolute atomic E-state index is 13.5. The van der Waals surface area contributed by atoms with Crippen molar-refractivity contribution < 1.29 is 24.2 Å². The van der Waals surface area contributed by atoms with Crippen LogP contribution in [0.1, 0.15) is 59.3 Å². The van der Waals surface area contributed by atoms with Crippen molar-refractivity contribution in [3.63, 3.8) is 0 Å². The van der Waals surface area contributed by atoms with Gasteiger partial charge in [-0.25, -0.2) is 10.0 Å². The number of thioether (sulfide) groups is 2. The van der Waals surface area contributed by atoms with E-state index in [9.17, 15) is 14.7 Å². The summed E-state index contributed by atoms with van der Waals surface area (Å²) in [6.07, 6.45) is 5.36. The monoisotopic (exact) mass is 542 g/mol. The summed E-state index contributed by atoms with van der Waals surface area (Å²) in [6.45, 7) is 7.76. The average molecular weight is 543 g/mol. The highest BCUT2D eigenvalue weighted by Gasteiger charge is 2.44. The molecule has 2 aromatic rings. The Bertz CT molecular complexity index is 1140. The average Bonchev–Trinajstić information content (AvgIpc) is 3.43. The number of hydrogen-bond acceptors (Lipinski definition) is 7. The Labute approximate surface area is 227 Å². The second-order valence-electron chi connectivity index (χ2n) is 8.93. The van der Waals surface area contributed by atoms with Crippen molar-refractivity contribution in [3.05, 3.63) is 46.2 Å². The number of benzene rings is 2. The number of para-hydroxylation sites is 1. The molecular formula is C28H34N2O5S2. The molecule has 0 bridgehead atoms. The number of hydrazine groups is 1. The smallest absolute Gasteiger partial charge is 0.279 e. The van der Waals surface area contributed by atoms with Crippen LogP contribution >= 0.6 is 23.5 Å². The van der Waals surface area contributed by atoms with E-state index in [1.807, 2.05) is 30.3 Å². The van der Waals surface area contributed by atoms with Gasteiger partial charge in [0.1, 0.15) is 17.1 Å². The van der Waals surface area contributed by atoms with E-state index in [1.54, 1.807) is 16.1 Å². The van der Waals surface area contributed by atoms with Gasteiger partial charge in [-0.1, -0.05) is 81.8 Å². The number of unbranched alkanes of at least 4 members (excludes halogenated alkanes) is 3. The van der Waals surface area contributed by atoms with Crippen LogP contribution in [0.2, 0.25) is 0 Å². The van der Waals surface area contributed by atoms with Gasteiger partial charge in [-0.15, -0.1) is 0 Å². The molecule has 4 rings (SSSR count). The number of amides is 2. The zero-order valence-corrected chi connectivity index (χ0v) is 23.3. The van der Waals surface area contributed by atoms with Crippen LogP contribution in [0.4, 0.5) is 0 Å². The van der Waals surface area contributed by atoms with E-state index in [0.717, 1.165) is 38.5 Å². The van der Waals surface area contributed by atoms with E-state index in [1.165, 1.54) is 23.5 Å². The number of ether oxygens (including phenoxy) is 2. The maximum Gasteiger partial charge on any atom is 0.279 e. The molecule has 2 amide bonds. The van der Waals surface area contributed by atoms with Crippen LogP contribution < -0.4 is 9.47 Å². The van der Waals surface area contributed by atoms with Crippen molar-refractivity contribution in [3.8, 4) is 23.0 Å². The van der Waals surface area contributed by atoms with Crippen molar-refractivity contribution in [2.24, 2.45) is 0 Å². The summed E-state index contributed by atoms with van der Waals surface area (Å²) in [4.78, 5) is 28.2. The third kappa shape index (κ3) is 5.88. The van der Waals surface area contributed by atoms with E-state index in [4.69, 9.17) is 9.47 Å². The van der Waals surface area contributed by atoms with Crippen LogP contribution in [0, 0.1) is 0 Å². The first-order valence-electron chi connectivity index (χ1n) is 13.0. The van der Waals surface area contributed by atoms with Crippen LogP contribution in [0.25, 0.3) is 0 Å². The maximum atomic E-state index is 13.5. The number of rotatable bonds is 12. The molecule has 2 aliphatic rings. The number of carbonyl (C=O) groups is 2. The number of hydrogen-bond donors (Lipinski definition) is 1. The molecule has 9 heteroatoms. The van der Waals surface area contributed by atoms with Crippen LogP contribution in [-0.2, 0) is 9.59 Å². The molecule has 0 spiro atoms. The fourth-order valence-corrected chi connectivity index (χ4v) is 6.65. The third-order valence-electron chi connectivity index (χ3n) is 6.10. The molecule has 0 radical (unpaired) electrons. The highest BCUT2D eigenvalue weighted by atomic mass is 32.2. The van der Waals surface area contributed by atoms with Crippen molar-refractivity contribution in [2.75, 3.05) is 19.7 Å². The normalized spacial score (nSPS) is 15.1. The van der Waals surface area contributed by atoms with Gasteiger partial charge in [0.05, 0.1) is 20.6 Å². The lowest BCUT2D eigenvalue weighted by molar-refractivity contribution is -0.147. The number of nitrogens with zero attached hydrogens (tertiary/aromatic N) is 2. The molecule has 0 aliphatic carbocycles. The Kier molecular flexibility index (Phi) is 9.32. The fraction of sp³-hybridized carbons (Fsp3) is 0.429. The highest BCUT2D eigenvalue weighted by molar-refractivity contribution is 8.25. The molecule has 2 heterocycles. The zero-order chi connectivity index (χ0) is 26.4. The predicted molar refractivity (Wildman–Crippen MR) is 147 cm³/mol. The summed E-state index contributed by atoms with van der Waals surface area (Å²) in [5.74, 6) is 0.860. The second-order valence-corrected chi connectivity index (χ2v) is 11.2. The molecule has 0 saturated carbocycles. The molecule has 0 unspecified atom stereocenters. The minimum absolute atomic E-state index is 0.0293. The second kappa shape index (κ2) is 12.6. The minimum atomic E-state index is -0.272. The van der Waals surface area contributed by atoms with Gasteiger partial charge in [-0.2, -0.15) is 0 Å². The van der Waals surface area contributed by atoms with Crippen molar-refractivity contribution in [2.45, 2.75) is 69.1 Å². The van der Waals surface area contributed by atoms with Gasteiger partial charge < -0.3 is 14.6 Å². The highest BCUT2D eigenvalue weighted by Crippen LogP contribution is 2.61. The molecule has 0 atom stereocenters. The lowest BCUT2D eigenvalue weighted by Gasteiger charge is -2.27. The lowest BCUT2D eigenvalue weighted by Crippen LogP contribution is -2.42. The van der Waals surface area contributed by atoms with Gasteiger partial charge in [-0.3, -0.25) is 9.59 Å². The Hall–Kier alpha value is -2.78. The van der Waals surface area contributed by atoms with Crippen LogP contribution in [0.3, 0.4) is 0 Å². The lowest BCUT2D eigenvalue weighted by atomic mass is 10.2. The van der Waals surface area contributed by atoms with E-state index >= 15 is 0 Å². The zero-order valence-electron chi connectivity index (χ0n) is 21.6. The Balaban J connectivity index is 1.71. The van der Waals surface area contributed by atoms with Gasteiger partial charge in [0.15, 0.2) is 11.5 Å². The molecule has 0 aromatic heterocycles. The summed E-state index contributed by atoms with van der Waals surface area (Å²) in [7, 11) is 0. The molecule has 198 valence electrons. The fourth-order valence-electron chi connectivity index (χ4n) is 4.01. The first-order chi connectivity index (χ1) is 18.0. The van der Waals surface area contributed by atoms with E-state index < -0.39 is 0 Å². The number of phenolic OH excluding ortho intramolecular Hbond substituents is 1. The molecule has 2 aliphatic heterocycles. The van der Waals surface area contributed by atoms with Gasteiger partial charge in [0, 0.05) is 19.2 Å². The summed E-state index contributed by atoms with van der Waals surface area (Å²) in [5.41, 5.74) is 0.169.